The predicted octanol–water partition coefficient (Wildman–Crippen LogP) is 4.24. The molecule has 0 saturated heterocycles. The molecule has 11 heteroatoms. The lowest BCUT2D eigenvalue weighted by Crippen LogP contribution is -2.22. The Labute approximate surface area is 206 Å². The number of carbonyl (C=O) groups excluding carboxylic acids is 2. The van der Waals surface area contributed by atoms with Gasteiger partial charge in [0.2, 0.25) is 17.6 Å². The Morgan fingerprint density at radius 2 is 1.91 bits per heavy atom. The summed E-state index contributed by atoms with van der Waals surface area (Å²) in [7, 11) is 1.54. The molecule has 0 aliphatic rings. The molecule has 0 saturated carbocycles. The third kappa shape index (κ3) is 5.35. The largest absolute Gasteiger partial charge is 0.495 e. The first-order valence-corrected chi connectivity index (χ1v) is 11.9. The van der Waals surface area contributed by atoms with Gasteiger partial charge in [0, 0.05) is 12.5 Å². The number of rotatable bonds is 8. The number of benzene rings is 2. The lowest BCUT2D eigenvalue weighted by molar-refractivity contribution is -0.117. The maximum Gasteiger partial charge on any atom is 0.264 e. The van der Waals surface area contributed by atoms with Crippen molar-refractivity contribution in [2.75, 3.05) is 24.0 Å². The van der Waals surface area contributed by atoms with Gasteiger partial charge >= 0.3 is 0 Å². The summed E-state index contributed by atoms with van der Waals surface area (Å²) in [6.45, 7) is 3.13. The number of methoxy groups -OCH3 is 1. The SMILES string of the molecule is COc1ccc(C)cc1NC(=O)Cn1nc(SC)c(-c2nc(-c3ccccc3)no2)c1NC(C)=O. The number of hydrogen-bond acceptors (Lipinski definition) is 8. The number of aromatic nitrogens is 4. The average molecular weight is 493 g/mol. The molecule has 10 nitrogen and oxygen atoms in total. The monoisotopic (exact) mass is 492 g/mol. The highest BCUT2D eigenvalue weighted by atomic mass is 32.2. The van der Waals surface area contributed by atoms with Gasteiger partial charge in [0.25, 0.3) is 5.89 Å². The fraction of sp³-hybridized carbons (Fsp3) is 0.208. The van der Waals surface area contributed by atoms with Gasteiger partial charge in [0.1, 0.15) is 28.7 Å². The highest BCUT2D eigenvalue weighted by Gasteiger charge is 2.26. The van der Waals surface area contributed by atoms with Crippen LogP contribution in [0.2, 0.25) is 0 Å². The van der Waals surface area contributed by atoms with Crippen LogP contribution in [0.4, 0.5) is 11.5 Å². The van der Waals surface area contributed by atoms with Crippen molar-refractivity contribution in [3.05, 3.63) is 54.1 Å². The molecule has 0 unspecified atom stereocenters. The standard InChI is InChI=1S/C24H24N6O4S/c1-14-10-11-18(33-3)17(12-14)26-19(32)13-30-22(25-15(2)31)20(24(28-30)35-4)23-27-21(29-34-23)16-8-6-5-7-9-16/h5-12H,13H2,1-4H3,(H,25,31)(H,26,32). The van der Waals surface area contributed by atoms with Crippen LogP contribution in [0, 0.1) is 6.92 Å². The fourth-order valence-electron chi connectivity index (χ4n) is 3.46. The van der Waals surface area contributed by atoms with E-state index in [1.165, 1.54) is 30.5 Å². The summed E-state index contributed by atoms with van der Waals surface area (Å²) in [4.78, 5) is 29.5. The second kappa shape index (κ2) is 10.4. The minimum Gasteiger partial charge on any atom is -0.495 e. The topological polar surface area (TPSA) is 124 Å². The summed E-state index contributed by atoms with van der Waals surface area (Å²) in [5.41, 5.74) is 2.74. The first kappa shape index (κ1) is 24.0. The Morgan fingerprint density at radius 3 is 2.60 bits per heavy atom. The Kier molecular flexibility index (Phi) is 7.16. The Bertz CT molecular complexity index is 1370. The summed E-state index contributed by atoms with van der Waals surface area (Å²) in [6.07, 6.45) is 1.83. The van der Waals surface area contributed by atoms with Crippen LogP contribution in [0.25, 0.3) is 22.8 Å². The maximum absolute atomic E-state index is 12.9. The molecule has 4 rings (SSSR count). The van der Waals surface area contributed by atoms with Crippen LogP contribution in [0.3, 0.4) is 0 Å². The zero-order valence-corrected chi connectivity index (χ0v) is 20.5. The zero-order valence-electron chi connectivity index (χ0n) is 19.7. The molecule has 0 fully saturated rings. The lowest BCUT2D eigenvalue weighted by Gasteiger charge is -2.12. The van der Waals surface area contributed by atoms with Gasteiger partial charge < -0.3 is 19.9 Å². The number of amides is 2. The normalized spacial score (nSPS) is 10.7. The highest BCUT2D eigenvalue weighted by Crippen LogP contribution is 2.36. The van der Waals surface area contributed by atoms with Crippen molar-refractivity contribution in [3.63, 3.8) is 0 Å². The van der Waals surface area contributed by atoms with Crippen molar-refractivity contribution in [2.45, 2.75) is 25.4 Å². The van der Waals surface area contributed by atoms with E-state index in [0.29, 0.717) is 27.9 Å². The van der Waals surface area contributed by atoms with Crippen LogP contribution in [0.1, 0.15) is 12.5 Å². The smallest absolute Gasteiger partial charge is 0.264 e. The molecule has 2 aromatic heterocycles. The zero-order chi connectivity index (χ0) is 24.9. The van der Waals surface area contributed by atoms with E-state index >= 15 is 0 Å². The van der Waals surface area contributed by atoms with Gasteiger partial charge in [-0.25, -0.2) is 4.68 Å². The van der Waals surface area contributed by atoms with E-state index < -0.39 is 0 Å². The van der Waals surface area contributed by atoms with E-state index in [4.69, 9.17) is 9.26 Å². The molecular formula is C24H24N6O4S. The van der Waals surface area contributed by atoms with Crippen molar-refractivity contribution in [3.8, 4) is 28.6 Å². The highest BCUT2D eigenvalue weighted by molar-refractivity contribution is 7.98. The molecule has 4 aromatic rings. The molecule has 0 aliphatic heterocycles. The van der Waals surface area contributed by atoms with E-state index in [0.717, 1.165) is 11.1 Å². The first-order chi connectivity index (χ1) is 16.9. The molecule has 2 amide bonds. The number of thioether (sulfide) groups is 1. The van der Waals surface area contributed by atoms with Crippen LogP contribution >= 0.6 is 11.8 Å². The molecule has 35 heavy (non-hydrogen) atoms. The predicted molar refractivity (Wildman–Crippen MR) is 133 cm³/mol. The molecule has 2 heterocycles. The number of hydrogen-bond donors (Lipinski definition) is 2. The number of aryl methyl sites for hydroxylation is 1. The van der Waals surface area contributed by atoms with Gasteiger partial charge in [-0.2, -0.15) is 10.1 Å². The maximum atomic E-state index is 12.9. The quantitative estimate of drug-likeness (QED) is 0.350. The Balaban J connectivity index is 1.69. The summed E-state index contributed by atoms with van der Waals surface area (Å²) in [5.74, 6) is 0.733. The molecule has 2 aromatic carbocycles. The Morgan fingerprint density at radius 1 is 1.14 bits per heavy atom. The molecule has 0 spiro atoms. The molecule has 0 bridgehead atoms. The van der Waals surface area contributed by atoms with E-state index in [9.17, 15) is 9.59 Å². The third-order valence-corrected chi connectivity index (χ3v) is 5.67. The van der Waals surface area contributed by atoms with Gasteiger partial charge in [-0.15, -0.1) is 11.8 Å². The molecule has 2 N–H and O–H groups in total. The summed E-state index contributed by atoms with van der Waals surface area (Å²) in [5, 5.41) is 14.7. The van der Waals surface area contributed by atoms with Gasteiger partial charge in [0.15, 0.2) is 0 Å². The van der Waals surface area contributed by atoms with E-state index in [-0.39, 0.29) is 30.1 Å². The average Bonchev–Trinajstić information content (AvgIpc) is 3.44. The van der Waals surface area contributed by atoms with Crippen molar-refractivity contribution >= 4 is 35.1 Å². The van der Waals surface area contributed by atoms with Crippen LogP contribution in [-0.4, -0.2) is 45.1 Å². The summed E-state index contributed by atoms with van der Waals surface area (Å²) < 4.78 is 12.3. The van der Waals surface area contributed by atoms with Crippen molar-refractivity contribution in [2.24, 2.45) is 0 Å². The number of nitrogens with zero attached hydrogens (tertiary/aromatic N) is 4. The fourth-order valence-corrected chi connectivity index (χ4v) is 4.03. The van der Waals surface area contributed by atoms with Crippen LogP contribution in [-0.2, 0) is 16.1 Å². The lowest BCUT2D eigenvalue weighted by atomic mass is 10.2. The number of ether oxygens (including phenoxy) is 1. The minimum absolute atomic E-state index is 0.167. The molecule has 0 radical (unpaired) electrons. The van der Waals surface area contributed by atoms with Crippen LogP contribution in [0.15, 0.2) is 58.1 Å². The minimum atomic E-state index is -0.349. The van der Waals surface area contributed by atoms with Gasteiger partial charge in [-0.1, -0.05) is 41.6 Å². The van der Waals surface area contributed by atoms with Gasteiger partial charge in [-0.3, -0.25) is 9.59 Å². The molecule has 180 valence electrons. The summed E-state index contributed by atoms with van der Waals surface area (Å²) >= 11 is 1.33. The molecule has 0 atom stereocenters. The van der Waals surface area contributed by atoms with E-state index in [1.807, 2.05) is 55.6 Å². The van der Waals surface area contributed by atoms with E-state index in [1.54, 1.807) is 6.07 Å². The van der Waals surface area contributed by atoms with Gasteiger partial charge in [0.05, 0.1) is 12.8 Å². The number of nitrogens with one attached hydrogen (secondary N) is 2. The van der Waals surface area contributed by atoms with E-state index in [2.05, 4.69) is 25.9 Å². The van der Waals surface area contributed by atoms with Crippen LogP contribution < -0.4 is 15.4 Å². The molecular weight excluding hydrogens is 468 g/mol. The Hall–Kier alpha value is -4.12. The van der Waals surface area contributed by atoms with Crippen molar-refractivity contribution in [1.82, 2.24) is 19.9 Å². The second-order valence-corrected chi connectivity index (χ2v) is 8.41. The second-order valence-electron chi connectivity index (χ2n) is 7.61. The van der Waals surface area contributed by atoms with Crippen LogP contribution in [0.5, 0.6) is 5.75 Å². The van der Waals surface area contributed by atoms with Crippen molar-refractivity contribution in [1.29, 1.82) is 0 Å². The molecule has 0 aliphatic carbocycles. The first-order valence-electron chi connectivity index (χ1n) is 10.7. The number of carbonyl (C=O) groups is 2. The summed E-state index contributed by atoms with van der Waals surface area (Å²) in [6, 6.07) is 14.9. The number of anilines is 2. The third-order valence-electron chi connectivity index (χ3n) is 5.00. The van der Waals surface area contributed by atoms with Crippen molar-refractivity contribution < 1.29 is 18.8 Å². The van der Waals surface area contributed by atoms with Gasteiger partial charge in [-0.05, 0) is 30.9 Å².